The minimum absolute atomic E-state index is 0. The fraction of sp³-hybridized carbons (Fsp3) is 0. The molecule has 0 aromatic heterocycles. The topological polar surface area (TPSA) is 241 Å². The minimum atomic E-state index is -5.62. The van der Waals surface area contributed by atoms with Crippen LogP contribution in [0.2, 0.25) is 0 Å². The SMILES string of the molecule is [O]=[Mn](=[O])([O-])[O-].[O]=[Mn](=[O])([O-])[O-].[O]=[Mn](=[O])([O-])[O-].[Sb+3].[Sb+3]. The summed E-state index contributed by atoms with van der Waals surface area (Å²) >= 11 is -16.9. The van der Waals surface area contributed by atoms with Crippen molar-refractivity contribution < 1.29 is 88.2 Å². The Kier molecular flexibility index (Phi) is 23.5. The van der Waals surface area contributed by atoms with E-state index in [1.165, 1.54) is 0 Å². The van der Waals surface area contributed by atoms with Gasteiger partial charge < -0.3 is 0 Å². The Morgan fingerprint density at radius 3 is 0.412 bits per heavy atom. The van der Waals surface area contributed by atoms with Gasteiger partial charge >= 0.3 is 137 Å². The van der Waals surface area contributed by atoms with Crippen molar-refractivity contribution in [3.05, 3.63) is 0 Å². The smallest absolute Gasteiger partial charge is 3.00 e. The summed E-state index contributed by atoms with van der Waals surface area (Å²) in [5.74, 6) is 0. The second kappa shape index (κ2) is 12.8. The van der Waals surface area contributed by atoms with Crippen molar-refractivity contribution in [1.29, 1.82) is 0 Å². The third-order valence-electron chi connectivity index (χ3n) is 0. The average Bonchev–Trinajstić information content (AvgIpc) is 1.41. The monoisotopic (exact) mass is 599 g/mol. The summed E-state index contributed by atoms with van der Waals surface area (Å²) in [4.78, 5) is 0. The van der Waals surface area contributed by atoms with E-state index in [1.54, 1.807) is 0 Å². The first-order chi connectivity index (χ1) is 6.00. The second-order valence-corrected chi connectivity index (χ2v) is 4.68. The van der Waals surface area contributed by atoms with Gasteiger partial charge in [-0.2, -0.15) is 0 Å². The minimum Gasteiger partial charge on any atom is 3.00 e. The van der Waals surface area contributed by atoms with Crippen molar-refractivity contribution in [3.63, 3.8) is 0 Å². The summed E-state index contributed by atoms with van der Waals surface area (Å²) in [6.07, 6.45) is 0. The second-order valence-electron chi connectivity index (χ2n) is 1.13. The van der Waals surface area contributed by atoms with E-state index in [-0.39, 0.29) is 48.9 Å². The van der Waals surface area contributed by atoms with Gasteiger partial charge in [0, 0.05) is 0 Å². The molecule has 0 amide bonds. The van der Waals surface area contributed by atoms with Gasteiger partial charge in [-0.3, -0.25) is 0 Å². The van der Waals surface area contributed by atoms with Gasteiger partial charge in [0.05, 0.1) is 0 Å². The Morgan fingerprint density at radius 2 is 0.412 bits per heavy atom. The van der Waals surface area contributed by atoms with Gasteiger partial charge in [0.25, 0.3) is 0 Å². The molecule has 0 aliphatic carbocycles. The van der Waals surface area contributed by atoms with Crippen LogP contribution in [-0.2, 0) is 63.1 Å². The summed E-state index contributed by atoms with van der Waals surface area (Å²) in [7, 11) is 0. The molecule has 0 N–H and O–H groups in total. The molecule has 17 heteroatoms. The van der Waals surface area contributed by atoms with Crippen molar-refractivity contribution in [3.8, 4) is 0 Å². The molecule has 0 aromatic rings. The molecule has 103 valence electrons. The molecule has 0 aliphatic heterocycles. The predicted molar refractivity (Wildman–Crippen MR) is 15.6 cm³/mol. The molecule has 0 spiro atoms. The Bertz CT molecular complexity index is 341. The van der Waals surface area contributed by atoms with Crippen LogP contribution in [0.15, 0.2) is 0 Å². The third-order valence-corrected chi connectivity index (χ3v) is 0. The average molecular weight is 600 g/mol. The zero-order chi connectivity index (χ0) is 13.5. The van der Waals surface area contributed by atoms with Crippen molar-refractivity contribution in [2.45, 2.75) is 0 Å². The van der Waals surface area contributed by atoms with Gasteiger partial charge in [-0.25, -0.2) is 0 Å². The van der Waals surface area contributed by atoms with Gasteiger partial charge in [0.15, 0.2) is 0 Å². The van der Waals surface area contributed by atoms with Crippen molar-refractivity contribution in [2.24, 2.45) is 0 Å². The number of hydrogen-bond acceptors (Lipinski definition) is 12. The molecule has 0 saturated carbocycles. The summed E-state index contributed by atoms with van der Waals surface area (Å²) in [6.45, 7) is 0. The molecular formula is Mn3O12Sb2. The molecule has 0 aromatic carbocycles. The van der Waals surface area contributed by atoms with Crippen LogP contribution in [0, 0.1) is 0 Å². The van der Waals surface area contributed by atoms with E-state index < -0.39 is 40.1 Å². The Labute approximate surface area is 135 Å². The predicted octanol–water partition coefficient (Wildman–Crippen LogP) is -8.62. The summed E-state index contributed by atoms with van der Waals surface area (Å²) in [6, 6.07) is 0. The molecule has 0 atom stereocenters. The fourth-order valence-electron chi connectivity index (χ4n) is 0. The Hall–Kier alpha value is 1.75. The molecule has 0 fully saturated rings. The van der Waals surface area contributed by atoms with Crippen LogP contribution < -0.4 is 25.1 Å². The maximum absolute atomic E-state index is 8.58. The quantitative estimate of drug-likeness (QED) is 0.236. The molecule has 0 saturated heterocycles. The van der Waals surface area contributed by atoms with Crippen molar-refractivity contribution in [2.75, 3.05) is 0 Å². The van der Waals surface area contributed by atoms with E-state index in [1.807, 2.05) is 0 Å². The van der Waals surface area contributed by atoms with Crippen molar-refractivity contribution >= 4 is 48.9 Å². The first-order valence-electron chi connectivity index (χ1n) is 1.85. The molecule has 4 radical (unpaired) electrons. The molecule has 0 bridgehead atoms. The van der Waals surface area contributed by atoms with E-state index in [0.29, 0.717) is 0 Å². The van der Waals surface area contributed by atoms with E-state index in [2.05, 4.69) is 0 Å². The van der Waals surface area contributed by atoms with Gasteiger partial charge in [-0.15, -0.1) is 0 Å². The molecule has 0 heterocycles. The summed E-state index contributed by atoms with van der Waals surface area (Å²) < 4.78 is 103. The zero-order valence-corrected chi connectivity index (χ0v) is 15.6. The Morgan fingerprint density at radius 1 is 0.412 bits per heavy atom. The van der Waals surface area contributed by atoms with E-state index in [0.717, 1.165) is 0 Å². The van der Waals surface area contributed by atoms with Crippen LogP contribution in [-0.4, -0.2) is 48.9 Å². The summed E-state index contributed by atoms with van der Waals surface area (Å²) in [5, 5.41) is 0. The van der Waals surface area contributed by atoms with E-state index in [4.69, 9.17) is 48.1 Å². The Balaban J connectivity index is -0.0000000400. The maximum Gasteiger partial charge on any atom is 3.00 e. The standard InChI is InChI=1S/3Mn.12O.2Sb/q;;;;;;;;;6*-1;2*+3. The molecular weight excluding hydrogens is 600 g/mol. The third kappa shape index (κ3) is 1430. The fourth-order valence-corrected chi connectivity index (χ4v) is 0. The normalized spacial score (nSPS) is 10.2. The van der Waals surface area contributed by atoms with Crippen LogP contribution in [0.25, 0.3) is 0 Å². The molecule has 0 unspecified atom stereocenters. The molecule has 0 aliphatic rings. The van der Waals surface area contributed by atoms with Crippen LogP contribution in [0.4, 0.5) is 0 Å². The molecule has 12 nitrogen and oxygen atoms in total. The van der Waals surface area contributed by atoms with Crippen LogP contribution in [0.5, 0.6) is 0 Å². The van der Waals surface area contributed by atoms with Gasteiger partial charge in [0.2, 0.25) is 0 Å². The largest absolute Gasteiger partial charge is 3.00 e. The zero-order valence-electron chi connectivity index (χ0n) is 6.93. The van der Waals surface area contributed by atoms with Crippen LogP contribution in [0.1, 0.15) is 0 Å². The van der Waals surface area contributed by atoms with E-state index >= 15 is 0 Å². The van der Waals surface area contributed by atoms with Gasteiger partial charge in [-0.05, 0) is 0 Å². The van der Waals surface area contributed by atoms with Crippen molar-refractivity contribution in [1.82, 2.24) is 0 Å². The maximum atomic E-state index is 8.58. The van der Waals surface area contributed by atoms with Gasteiger partial charge in [-0.1, -0.05) is 0 Å². The summed E-state index contributed by atoms with van der Waals surface area (Å²) in [5.41, 5.74) is 0. The molecule has 0 rings (SSSR count). The van der Waals surface area contributed by atoms with E-state index in [9.17, 15) is 0 Å². The van der Waals surface area contributed by atoms with Crippen LogP contribution >= 0.6 is 0 Å². The number of hydrogen-bond donors (Lipinski definition) is 0. The molecule has 17 heavy (non-hydrogen) atoms. The van der Waals surface area contributed by atoms with Crippen LogP contribution in [0.3, 0.4) is 0 Å². The number of rotatable bonds is 0. The first-order valence-corrected chi connectivity index (χ1v) is 7.63. The van der Waals surface area contributed by atoms with Gasteiger partial charge in [0.1, 0.15) is 0 Å². The first kappa shape index (κ1) is 31.2.